The average molecular weight is 385 g/mol. The molecule has 1 aliphatic heterocycles. The number of halogens is 1. The molecule has 1 fully saturated rings. The molecule has 28 heavy (non-hydrogen) atoms. The van der Waals surface area contributed by atoms with Crippen LogP contribution in [-0.2, 0) is 11.3 Å². The lowest BCUT2D eigenvalue weighted by molar-refractivity contribution is -0.126. The first-order valence-corrected chi connectivity index (χ1v) is 9.27. The van der Waals surface area contributed by atoms with Crippen LogP contribution in [0.4, 0.5) is 14.9 Å². The van der Waals surface area contributed by atoms with Crippen molar-refractivity contribution in [3.63, 3.8) is 0 Å². The van der Waals surface area contributed by atoms with E-state index in [2.05, 4.69) is 10.6 Å². The summed E-state index contributed by atoms with van der Waals surface area (Å²) in [6.45, 7) is 1.31. The second kappa shape index (κ2) is 9.21. The molecule has 0 spiro atoms. The molecule has 1 heterocycles. The number of likely N-dealkylation sites (tertiary alicyclic amines) is 1. The first kappa shape index (κ1) is 19.7. The number of carbonyl (C=O) groups is 2. The number of hydrogen-bond donors (Lipinski definition) is 2. The molecule has 6 nitrogen and oxygen atoms in total. The molecule has 1 aliphatic rings. The molecule has 1 atom stereocenters. The number of benzene rings is 2. The number of anilines is 1. The van der Waals surface area contributed by atoms with Crippen LogP contribution in [0.2, 0.25) is 0 Å². The number of carbonyl (C=O) groups excluding carboxylic acids is 2. The zero-order chi connectivity index (χ0) is 19.9. The fraction of sp³-hybridized carbons (Fsp3) is 0.333. The van der Waals surface area contributed by atoms with E-state index in [0.717, 1.165) is 18.4 Å². The summed E-state index contributed by atoms with van der Waals surface area (Å²) in [6.07, 6.45) is 1.50. The van der Waals surface area contributed by atoms with Crippen LogP contribution >= 0.6 is 0 Å². The lowest BCUT2D eigenvalue weighted by Gasteiger charge is -2.32. The van der Waals surface area contributed by atoms with Gasteiger partial charge in [0.2, 0.25) is 5.91 Å². The molecule has 0 bridgehead atoms. The van der Waals surface area contributed by atoms with Gasteiger partial charge in [0.05, 0.1) is 13.0 Å². The minimum atomic E-state index is -0.306. The summed E-state index contributed by atoms with van der Waals surface area (Å²) in [7, 11) is 1.57. The van der Waals surface area contributed by atoms with Gasteiger partial charge in [-0.2, -0.15) is 0 Å². The van der Waals surface area contributed by atoms with Crippen LogP contribution in [0.3, 0.4) is 0 Å². The van der Waals surface area contributed by atoms with Crippen LogP contribution in [0.15, 0.2) is 48.5 Å². The fourth-order valence-corrected chi connectivity index (χ4v) is 3.21. The van der Waals surface area contributed by atoms with Gasteiger partial charge in [-0.3, -0.25) is 4.79 Å². The van der Waals surface area contributed by atoms with Crippen molar-refractivity contribution in [1.29, 1.82) is 0 Å². The molecule has 0 saturated carbocycles. The molecule has 1 unspecified atom stereocenters. The zero-order valence-corrected chi connectivity index (χ0v) is 15.8. The molecule has 3 rings (SSSR count). The van der Waals surface area contributed by atoms with Crippen LogP contribution in [0.1, 0.15) is 18.4 Å². The first-order valence-electron chi connectivity index (χ1n) is 9.27. The van der Waals surface area contributed by atoms with Gasteiger partial charge in [-0.05, 0) is 42.7 Å². The van der Waals surface area contributed by atoms with Gasteiger partial charge in [0.25, 0.3) is 0 Å². The predicted octanol–water partition coefficient (Wildman–Crippen LogP) is 3.39. The summed E-state index contributed by atoms with van der Waals surface area (Å²) in [5.41, 5.74) is 1.48. The normalized spacial score (nSPS) is 16.4. The lowest BCUT2D eigenvalue weighted by Crippen LogP contribution is -2.46. The van der Waals surface area contributed by atoms with Crippen LogP contribution in [0.5, 0.6) is 5.75 Å². The third-order valence-corrected chi connectivity index (χ3v) is 4.78. The Kier molecular flexibility index (Phi) is 6.47. The molecule has 0 aliphatic carbocycles. The largest absolute Gasteiger partial charge is 0.497 e. The fourth-order valence-electron chi connectivity index (χ4n) is 3.21. The summed E-state index contributed by atoms with van der Waals surface area (Å²) < 4.78 is 18.1. The van der Waals surface area contributed by atoms with Gasteiger partial charge >= 0.3 is 6.03 Å². The van der Waals surface area contributed by atoms with Crippen molar-refractivity contribution in [3.05, 3.63) is 59.9 Å². The van der Waals surface area contributed by atoms with Crippen molar-refractivity contribution in [2.45, 2.75) is 19.4 Å². The number of piperidine rings is 1. The summed E-state index contributed by atoms with van der Waals surface area (Å²) in [5.74, 6) is 0.00278. The minimum Gasteiger partial charge on any atom is -0.497 e. The molecular weight excluding hydrogens is 361 g/mol. The van der Waals surface area contributed by atoms with E-state index >= 15 is 0 Å². The summed E-state index contributed by atoms with van der Waals surface area (Å²) in [6, 6.07) is 12.9. The van der Waals surface area contributed by atoms with E-state index in [1.165, 1.54) is 12.1 Å². The van der Waals surface area contributed by atoms with E-state index in [-0.39, 0.29) is 23.7 Å². The summed E-state index contributed by atoms with van der Waals surface area (Å²) >= 11 is 0. The highest BCUT2D eigenvalue weighted by Gasteiger charge is 2.28. The highest BCUT2D eigenvalue weighted by Crippen LogP contribution is 2.20. The van der Waals surface area contributed by atoms with Crippen molar-refractivity contribution in [1.82, 2.24) is 10.2 Å². The van der Waals surface area contributed by atoms with Crippen molar-refractivity contribution >= 4 is 17.6 Å². The first-order chi connectivity index (χ1) is 13.5. The monoisotopic (exact) mass is 385 g/mol. The molecular formula is C21H24FN3O3. The molecule has 0 radical (unpaired) electrons. The van der Waals surface area contributed by atoms with Crippen LogP contribution in [0, 0.1) is 11.7 Å². The second-order valence-electron chi connectivity index (χ2n) is 6.79. The maximum Gasteiger partial charge on any atom is 0.321 e. The maximum atomic E-state index is 13.0. The van der Waals surface area contributed by atoms with Crippen molar-refractivity contribution in [2.75, 3.05) is 25.5 Å². The topological polar surface area (TPSA) is 70.7 Å². The number of rotatable bonds is 5. The Hall–Kier alpha value is -3.09. The molecule has 148 valence electrons. The highest BCUT2D eigenvalue weighted by molar-refractivity contribution is 5.90. The van der Waals surface area contributed by atoms with Crippen molar-refractivity contribution < 1.29 is 18.7 Å². The Morgan fingerprint density at radius 1 is 1.21 bits per heavy atom. The molecule has 2 aromatic carbocycles. The quantitative estimate of drug-likeness (QED) is 0.829. The maximum absolute atomic E-state index is 13.0. The van der Waals surface area contributed by atoms with E-state index in [1.54, 1.807) is 48.4 Å². The lowest BCUT2D eigenvalue weighted by atomic mass is 9.97. The predicted molar refractivity (Wildman–Crippen MR) is 105 cm³/mol. The number of urea groups is 1. The molecule has 1 saturated heterocycles. The summed E-state index contributed by atoms with van der Waals surface area (Å²) in [4.78, 5) is 26.7. The third kappa shape index (κ3) is 5.22. The Morgan fingerprint density at radius 3 is 2.75 bits per heavy atom. The Morgan fingerprint density at radius 2 is 2.00 bits per heavy atom. The van der Waals surface area contributed by atoms with Crippen LogP contribution in [0.25, 0.3) is 0 Å². The van der Waals surface area contributed by atoms with Gasteiger partial charge in [0.1, 0.15) is 11.6 Å². The number of nitrogens with zero attached hydrogens (tertiary/aromatic N) is 1. The van der Waals surface area contributed by atoms with Gasteiger partial charge in [0, 0.05) is 31.4 Å². The van der Waals surface area contributed by atoms with E-state index in [1.807, 2.05) is 0 Å². The van der Waals surface area contributed by atoms with Crippen LogP contribution < -0.4 is 15.4 Å². The Labute approximate surface area is 163 Å². The van der Waals surface area contributed by atoms with Gasteiger partial charge in [-0.1, -0.05) is 18.2 Å². The molecule has 2 aromatic rings. The Balaban J connectivity index is 1.52. The SMILES string of the molecule is COc1cccc(NC(=O)N2CCCC(C(=O)NCc3ccc(F)cc3)C2)c1. The second-order valence-corrected chi connectivity index (χ2v) is 6.79. The number of ether oxygens (including phenoxy) is 1. The number of methoxy groups -OCH3 is 1. The van der Waals surface area contributed by atoms with Gasteiger partial charge in [0.15, 0.2) is 0 Å². The van der Waals surface area contributed by atoms with Crippen LogP contribution in [-0.4, -0.2) is 37.0 Å². The highest BCUT2D eigenvalue weighted by atomic mass is 19.1. The Bertz CT molecular complexity index is 826. The van der Waals surface area contributed by atoms with E-state index in [0.29, 0.717) is 31.1 Å². The number of amides is 3. The smallest absolute Gasteiger partial charge is 0.321 e. The molecule has 2 N–H and O–H groups in total. The average Bonchev–Trinajstić information content (AvgIpc) is 2.73. The van der Waals surface area contributed by atoms with Crippen molar-refractivity contribution in [2.24, 2.45) is 5.92 Å². The van der Waals surface area contributed by atoms with Gasteiger partial charge in [-0.25, -0.2) is 9.18 Å². The van der Waals surface area contributed by atoms with Gasteiger partial charge < -0.3 is 20.3 Å². The standard InChI is InChI=1S/C21H24FN3O3/c1-28-19-6-2-5-18(12-19)24-21(27)25-11-3-4-16(14-25)20(26)23-13-15-7-9-17(22)10-8-15/h2,5-10,12,16H,3-4,11,13-14H2,1H3,(H,23,26)(H,24,27). The van der Waals surface area contributed by atoms with E-state index in [4.69, 9.17) is 4.74 Å². The molecule has 0 aromatic heterocycles. The van der Waals surface area contributed by atoms with Crippen molar-refractivity contribution in [3.8, 4) is 5.75 Å². The summed E-state index contributed by atoms with van der Waals surface area (Å²) in [5, 5.41) is 5.72. The number of hydrogen-bond acceptors (Lipinski definition) is 3. The number of nitrogens with one attached hydrogen (secondary N) is 2. The molecule has 3 amide bonds. The minimum absolute atomic E-state index is 0.0943. The van der Waals surface area contributed by atoms with E-state index in [9.17, 15) is 14.0 Å². The zero-order valence-electron chi connectivity index (χ0n) is 15.8. The van der Waals surface area contributed by atoms with Gasteiger partial charge in [-0.15, -0.1) is 0 Å². The molecule has 7 heteroatoms. The van der Waals surface area contributed by atoms with E-state index < -0.39 is 0 Å². The third-order valence-electron chi connectivity index (χ3n) is 4.78.